The number of ketones is 1. The summed E-state index contributed by atoms with van der Waals surface area (Å²) in [5.41, 5.74) is 4.50. The molecule has 0 radical (unpaired) electrons. The van der Waals surface area contributed by atoms with E-state index in [1.54, 1.807) is 0 Å². The molecule has 1 aliphatic rings. The predicted octanol–water partition coefficient (Wildman–Crippen LogP) is 3.12. The van der Waals surface area contributed by atoms with Crippen molar-refractivity contribution >= 4 is 5.78 Å². The lowest BCUT2D eigenvalue weighted by Crippen LogP contribution is -2.11. The van der Waals surface area contributed by atoms with Crippen LogP contribution in [0.1, 0.15) is 40.0 Å². The van der Waals surface area contributed by atoms with Gasteiger partial charge in [0.15, 0.2) is 5.78 Å². The number of aryl methyl sites for hydroxylation is 1. The third-order valence-corrected chi connectivity index (χ3v) is 3.39. The zero-order valence-corrected chi connectivity index (χ0v) is 9.70. The Morgan fingerprint density at radius 2 is 1.94 bits per heavy atom. The summed E-state index contributed by atoms with van der Waals surface area (Å²) in [6, 6.07) is 10.3. The summed E-state index contributed by atoms with van der Waals surface area (Å²) in [6.07, 6.45) is 5.54. The summed E-state index contributed by atoms with van der Waals surface area (Å²) in [5, 5.41) is 0. The van der Waals surface area contributed by atoms with Gasteiger partial charge in [-0.25, -0.2) is 0 Å². The Kier molecular flexibility index (Phi) is 2.56. The quantitative estimate of drug-likeness (QED) is 0.836. The highest BCUT2D eigenvalue weighted by Gasteiger charge is 2.22. The van der Waals surface area contributed by atoms with Crippen molar-refractivity contribution in [3.8, 4) is 0 Å². The van der Waals surface area contributed by atoms with Crippen molar-refractivity contribution in [2.45, 2.75) is 25.7 Å². The number of carbonyl (C=O) groups excluding carboxylic acids is 1. The van der Waals surface area contributed by atoms with Gasteiger partial charge in [0.1, 0.15) is 0 Å². The van der Waals surface area contributed by atoms with Gasteiger partial charge in [-0.15, -0.1) is 0 Å². The third kappa shape index (κ3) is 1.91. The molecule has 1 aromatic carbocycles. The Labute approximate surface area is 101 Å². The van der Waals surface area contributed by atoms with Crippen LogP contribution in [-0.2, 0) is 12.8 Å². The van der Waals surface area contributed by atoms with Gasteiger partial charge in [-0.2, -0.15) is 0 Å². The monoisotopic (exact) mass is 225 g/mol. The van der Waals surface area contributed by atoms with Gasteiger partial charge in [-0.3, -0.25) is 4.79 Å². The molecule has 0 spiro atoms. The van der Waals surface area contributed by atoms with Crippen LogP contribution < -0.4 is 0 Å². The molecule has 3 rings (SSSR count). The highest BCUT2D eigenvalue weighted by Crippen LogP contribution is 2.25. The lowest BCUT2D eigenvalue weighted by Gasteiger charge is -2.11. The molecule has 0 amide bonds. The molecule has 1 N–H and O–H groups in total. The highest BCUT2D eigenvalue weighted by atomic mass is 16.1. The maximum Gasteiger partial charge on any atom is 0.164 e. The van der Waals surface area contributed by atoms with Crippen molar-refractivity contribution in [1.29, 1.82) is 0 Å². The van der Waals surface area contributed by atoms with E-state index in [9.17, 15) is 4.79 Å². The van der Waals surface area contributed by atoms with Crippen LogP contribution in [0.4, 0.5) is 0 Å². The number of hydrogen-bond donors (Lipinski definition) is 1. The number of fused-ring (bicyclic) bond motifs is 1. The number of aromatic nitrogens is 1. The van der Waals surface area contributed by atoms with E-state index in [1.807, 2.05) is 24.4 Å². The third-order valence-electron chi connectivity index (χ3n) is 3.39. The van der Waals surface area contributed by atoms with Crippen LogP contribution in [0, 0.1) is 0 Å². The second-order valence-corrected chi connectivity index (χ2v) is 4.61. The molecule has 1 heterocycles. The van der Waals surface area contributed by atoms with E-state index in [2.05, 4.69) is 17.1 Å². The zero-order chi connectivity index (χ0) is 11.7. The van der Waals surface area contributed by atoms with E-state index in [-0.39, 0.29) is 0 Å². The Balaban J connectivity index is 1.94. The van der Waals surface area contributed by atoms with Crippen LogP contribution >= 0.6 is 0 Å². The summed E-state index contributed by atoms with van der Waals surface area (Å²) >= 11 is 0. The smallest absolute Gasteiger partial charge is 0.164 e. The van der Waals surface area contributed by atoms with Crippen molar-refractivity contribution in [2.24, 2.45) is 0 Å². The Morgan fingerprint density at radius 1 is 1.12 bits per heavy atom. The highest BCUT2D eigenvalue weighted by molar-refractivity contribution is 5.99. The molecule has 0 bridgehead atoms. The van der Waals surface area contributed by atoms with Gasteiger partial charge in [0, 0.05) is 23.9 Å². The van der Waals surface area contributed by atoms with Crippen LogP contribution in [0.25, 0.3) is 0 Å². The number of nitrogens with one attached hydrogen (secondary N) is 1. The molecule has 2 aromatic rings. The molecular formula is C15H15NO. The van der Waals surface area contributed by atoms with E-state index in [0.717, 1.165) is 36.1 Å². The van der Waals surface area contributed by atoms with E-state index >= 15 is 0 Å². The lowest BCUT2D eigenvalue weighted by atomic mass is 9.91. The number of benzene rings is 1. The number of hydrogen-bond acceptors (Lipinski definition) is 1. The fraction of sp³-hybridized carbons (Fsp3) is 0.267. The largest absolute Gasteiger partial charge is 0.364 e. The van der Waals surface area contributed by atoms with Gasteiger partial charge in [0.25, 0.3) is 0 Å². The van der Waals surface area contributed by atoms with Crippen molar-refractivity contribution in [3.05, 3.63) is 58.9 Å². The molecule has 17 heavy (non-hydrogen) atoms. The second kappa shape index (κ2) is 4.21. The maximum atomic E-state index is 11.9. The first kappa shape index (κ1) is 10.3. The van der Waals surface area contributed by atoms with Crippen molar-refractivity contribution < 1.29 is 4.79 Å². The Hall–Kier alpha value is -1.83. The van der Waals surface area contributed by atoms with Gasteiger partial charge < -0.3 is 4.98 Å². The molecule has 0 aliphatic heterocycles. The van der Waals surface area contributed by atoms with Gasteiger partial charge in [0.05, 0.1) is 0 Å². The minimum atomic E-state index is 0.304. The molecular weight excluding hydrogens is 210 g/mol. The molecule has 0 fully saturated rings. The number of Topliss-reactive ketones (excluding diaryl/α,β-unsaturated/α-hetero) is 1. The molecule has 1 aromatic heterocycles. The minimum Gasteiger partial charge on any atom is -0.364 e. The number of H-pyrrole nitrogens is 1. The molecule has 2 nitrogen and oxygen atoms in total. The van der Waals surface area contributed by atoms with E-state index < -0.39 is 0 Å². The Morgan fingerprint density at radius 3 is 2.76 bits per heavy atom. The van der Waals surface area contributed by atoms with Crippen molar-refractivity contribution in [2.75, 3.05) is 0 Å². The topological polar surface area (TPSA) is 32.9 Å². The van der Waals surface area contributed by atoms with E-state index in [0.29, 0.717) is 12.2 Å². The molecule has 0 saturated carbocycles. The normalized spacial score (nSPS) is 14.7. The molecule has 0 saturated heterocycles. The van der Waals surface area contributed by atoms with Crippen molar-refractivity contribution in [3.63, 3.8) is 0 Å². The van der Waals surface area contributed by atoms with Crippen LogP contribution in [0.2, 0.25) is 0 Å². The fourth-order valence-electron chi connectivity index (χ4n) is 2.56. The summed E-state index contributed by atoms with van der Waals surface area (Å²) < 4.78 is 0. The first-order chi connectivity index (χ1) is 8.34. The maximum absolute atomic E-state index is 11.9. The summed E-state index contributed by atoms with van der Waals surface area (Å²) in [6.45, 7) is 0. The van der Waals surface area contributed by atoms with Crippen LogP contribution in [0.5, 0.6) is 0 Å². The standard InChI is InChI=1S/C15H15NO/c17-14-8-4-7-13-15(14)12(10-16-13)9-11-5-2-1-3-6-11/h1-3,5-6,10,16H,4,7-9H2. The molecule has 2 heteroatoms. The molecule has 86 valence electrons. The molecule has 1 aliphatic carbocycles. The van der Waals surface area contributed by atoms with Gasteiger partial charge in [-0.1, -0.05) is 30.3 Å². The predicted molar refractivity (Wildman–Crippen MR) is 67.3 cm³/mol. The van der Waals surface area contributed by atoms with Crippen molar-refractivity contribution in [1.82, 2.24) is 4.98 Å². The molecule has 0 unspecified atom stereocenters. The van der Waals surface area contributed by atoms with Gasteiger partial charge >= 0.3 is 0 Å². The van der Waals surface area contributed by atoms with Gasteiger partial charge in [0.2, 0.25) is 0 Å². The first-order valence-corrected chi connectivity index (χ1v) is 6.11. The lowest BCUT2D eigenvalue weighted by molar-refractivity contribution is 0.0971. The number of rotatable bonds is 2. The summed E-state index contributed by atoms with van der Waals surface area (Å²) in [7, 11) is 0. The minimum absolute atomic E-state index is 0.304. The Bertz CT molecular complexity index is 539. The van der Waals surface area contributed by atoms with Gasteiger partial charge in [-0.05, 0) is 30.4 Å². The molecule has 0 atom stereocenters. The SMILES string of the molecule is O=C1CCCc2[nH]cc(Cc3ccccc3)c21. The first-order valence-electron chi connectivity index (χ1n) is 6.11. The number of aromatic amines is 1. The second-order valence-electron chi connectivity index (χ2n) is 4.61. The average molecular weight is 225 g/mol. The van der Waals surface area contributed by atoms with Crippen LogP contribution in [0.15, 0.2) is 36.5 Å². The zero-order valence-electron chi connectivity index (χ0n) is 9.70. The van der Waals surface area contributed by atoms with Crippen LogP contribution in [-0.4, -0.2) is 10.8 Å². The average Bonchev–Trinajstić information content (AvgIpc) is 2.75. The van der Waals surface area contributed by atoms with E-state index in [4.69, 9.17) is 0 Å². The van der Waals surface area contributed by atoms with Crippen LogP contribution in [0.3, 0.4) is 0 Å². The number of carbonyl (C=O) groups is 1. The fourth-order valence-corrected chi connectivity index (χ4v) is 2.56. The summed E-state index contributed by atoms with van der Waals surface area (Å²) in [5.74, 6) is 0.304. The van der Waals surface area contributed by atoms with E-state index in [1.165, 1.54) is 5.56 Å². The summed E-state index contributed by atoms with van der Waals surface area (Å²) in [4.78, 5) is 15.2.